The predicted molar refractivity (Wildman–Crippen MR) is 67.8 cm³/mol. The van der Waals surface area contributed by atoms with Gasteiger partial charge in [-0.25, -0.2) is 4.98 Å². The van der Waals surface area contributed by atoms with Crippen LogP contribution in [0.2, 0.25) is 0 Å². The van der Waals surface area contributed by atoms with Crippen LogP contribution in [0.15, 0.2) is 12.5 Å². The summed E-state index contributed by atoms with van der Waals surface area (Å²) in [7, 11) is 0. The van der Waals surface area contributed by atoms with Gasteiger partial charge in [-0.15, -0.1) is 0 Å². The highest BCUT2D eigenvalue weighted by Crippen LogP contribution is 2.32. The Kier molecular flexibility index (Phi) is 3.20. The maximum atomic E-state index is 4.36. The van der Waals surface area contributed by atoms with E-state index < -0.39 is 0 Å². The van der Waals surface area contributed by atoms with Crippen molar-refractivity contribution in [2.24, 2.45) is 0 Å². The molecule has 88 valence electrons. The number of hydrogen-bond acceptors (Lipinski definition) is 3. The second-order valence-corrected chi connectivity index (χ2v) is 5.90. The fourth-order valence-electron chi connectivity index (χ4n) is 2.74. The summed E-state index contributed by atoms with van der Waals surface area (Å²) in [6, 6.07) is 1.23. The van der Waals surface area contributed by atoms with E-state index in [4.69, 9.17) is 0 Å². The Morgan fingerprint density at radius 1 is 1.38 bits per heavy atom. The third kappa shape index (κ3) is 2.00. The highest BCUT2D eigenvalue weighted by atomic mass is 32.2. The van der Waals surface area contributed by atoms with Gasteiger partial charge < -0.3 is 9.88 Å². The number of hydrogen-bond donors (Lipinski definition) is 1. The topological polar surface area (TPSA) is 29.9 Å². The van der Waals surface area contributed by atoms with Crippen molar-refractivity contribution in [3.63, 3.8) is 0 Å². The van der Waals surface area contributed by atoms with Gasteiger partial charge in [-0.2, -0.15) is 11.8 Å². The van der Waals surface area contributed by atoms with Gasteiger partial charge in [0.25, 0.3) is 0 Å². The highest BCUT2D eigenvalue weighted by Gasteiger charge is 2.24. The Balaban J connectivity index is 1.80. The number of thioether (sulfide) groups is 1. The number of rotatable bonds is 2. The molecular formula is C12H19N3S. The van der Waals surface area contributed by atoms with Crippen LogP contribution in [-0.4, -0.2) is 27.6 Å². The van der Waals surface area contributed by atoms with Gasteiger partial charge in [-0.05, 0) is 31.6 Å². The zero-order valence-corrected chi connectivity index (χ0v) is 10.4. The molecule has 0 aromatic carbocycles. The van der Waals surface area contributed by atoms with Gasteiger partial charge in [0.1, 0.15) is 0 Å². The third-order valence-electron chi connectivity index (χ3n) is 3.66. The predicted octanol–water partition coefficient (Wildman–Crippen LogP) is 2.38. The van der Waals surface area contributed by atoms with Gasteiger partial charge in [0, 0.05) is 24.0 Å². The Labute approximate surface area is 101 Å². The summed E-state index contributed by atoms with van der Waals surface area (Å²) in [6.45, 7) is 1.16. The molecule has 3 heterocycles. The number of aromatic nitrogens is 2. The average molecular weight is 237 g/mol. The number of nitrogens with zero attached hydrogens (tertiary/aromatic N) is 2. The van der Waals surface area contributed by atoms with E-state index in [1.165, 1.54) is 42.9 Å². The lowest BCUT2D eigenvalue weighted by molar-refractivity contribution is 0.383. The number of imidazole rings is 1. The van der Waals surface area contributed by atoms with Gasteiger partial charge in [-0.1, -0.05) is 6.42 Å². The summed E-state index contributed by atoms with van der Waals surface area (Å²) >= 11 is 2.07. The van der Waals surface area contributed by atoms with E-state index in [0.29, 0.717) is 12.1 Å². The molecule has 0 aliphatic carbocycles. The van der Waals surface area contributed by atoms with Gasteiger partial charge in [-0.3, -0.25) is 0 Å². The van der Waals surface area contributed by atoms with E-state index in [-0.39, 0.29) is 0 Å². The molecule has 2 atom stereocenters. The minimum absolute atomic E-state index is 0.543. The molecule has 16 heavy (non-hydrogen) atoms. The van der Waals surface area contributed by atoms with Crippen LogP contribution in [0, 0.1) is 0 Å². The first-order valence-electron chi connectivity index (χ1n) is 6.28. The lowest BCUT2D eigenvalue weighted by atomic mass is 10.0. The second kappa shape index (κ2) is 4.80. The van der Waals surface area contributed by atoms with Crippen molar-refractivity contribution in [3.8, 4) is 0 Å². The third-order valence-corrected chi connectivity index (χ3v) is 4.81. The van der Waals surface area contributed by atoms with Crippen molar-refractivity contribution < 1.29 is 0 Å². The van der Waals surface area contributed by atoms with E-state index in [2.05, 4.69) is 32.8 Å². The molecule has 4 heteroatoms. The summed E-state index contributed by atoms with van der Waals surface area (Å²) in [6.07, 6.45) is 9.34. The van der Waals surface area contributed by atoms with Crippen LogP contribution in [0.1, 0.15) is 43.5 Å². The number of nitrogens with one attached hydrogen (secondary N) is 1. The monoisotopic (exact) mass is 237 g/mol. The molecule has 2 saturated heterocycles. The molecule has 2 fully saturated rings. The van der Waals surface area contributed by atoms with Crippen LogP contribution in [0.4, 0.5) is 0 Å². The van der Waals surface area contributed by atoms with Gasteiger partial charge in [0.2, 0.25) is 0 Å². The van der Waals surface area contributed by atoms with Crippen LogP contribution in [0.25, 0.3) is 0 Å². The summed E-state index contributed by atoms with van der Waals surface area (Å²) < 4.78 is 2.42. The first kappa shape index (κ1) is 10.7. The Bertz CT molecular complexity index is 338. The molecule has 0 radical (unpaired) electrons. The smallest absolute Gasteiger partial charge is 0.0951 e. The lowest BCUT2D eigenvalue weighted by Crippen LogP contribution is -2.29. The van der Waals surface area contributed by atoms with Gasteiger partial charge in [0.15, 0.2) is 0 Å². The van der Waals surface area contributed by atoms with Crippen LogP contribution >= 0.6 is 11.8 Å². The zero-order valence-electron chi connectivity index (χ0n) is 9.56. The van der Waals surface area contributed by atoms with Crippen LogP contribution in [0.3, 0.4) is 0 Å². The van der Waals surface area contributed by atoms with Crippen molar-refractivity contribution in [2.45, 2.75) is 37.8 Å². The Morgan fingerprint density at radius 2 is 2.38 bits per heavy atom. The molecular weight excluding hydrogens is 218 g/mol. The average Bonchev–Trinajstić information content (AvgIpc) is 3.01. The Hall–Kier alpha value is -0.480. The van der Waals surface area contributed by atoms with E-state index in [0.717, 1.165) is 6.54 Å². The highest BCUT2D eigenvalue weighted by molar-refractivity contribution is 7.99. The van der Waals surface area contributed by atoms with Crippen LogP contribution < -0.4 is 5.32 Å². The van der Waals surface area contributed by atoms with Crippen molar-refractivity contribution in [1.82, 2.24) is 14.9 Å². The molecule has 0 spiro atoms. The quantitative estimate of drug-likeness (QED) is 0.856. The maximum Gasteiger partial charge on any atom is 0.0951 e. The van der Waals surface area contributed by atoms with E-state index in [9.17, 15) is 0 Å². The Morgan fingerprint density at radius 3 is 3.12 bits per heavy atom. The van der Waals surface area contributed by atoms with Crippen molar-refractivity contribution >= 4 is 11.8 Å². The molecule has 1 N–H and O–H groups in total. The fraction of sp³-hybridized carbons (Fsp3) is 0.750. The first-order valence-corrected chi connectivity index (χ1v) is 7.43. The van der Waals surface area contributed by atoms with Crippen LogP contribution in [-0.2, 0) is 0 Å². The summed E-state index contributed by atoms with van der Waals surface area (Å²) in [5.41, 5.74) is 1.41. The summed E-state index contributed by atoms with van der Waals surface area (Å²) in [5, 5.41) is 3.62. The molecule has 3 rings (SSSR count). The molecule has 0 saturated carbocycles. The zero-order chi connectivity index (χ0) is 10.8. The molecule has 2 unspecified atom stereocenters. The molecule has 0 amide bonds. The van der Waals surface area contributed by atoms with Gasteiger partial charge in [0.05, 0.1) is 12.0 Å². The van der Waals surface area contributed by atoms with Crippen molar-refractivity contribution in [1.29, 1.82) is 0 Å². The van der Waals surface area contributed by atoms with E-state index in [1.54, 1.807) is 0 Å². The first-order chi connectivity index (χ1) is 7.95. The van der Waals surface area contributed by atoms with Crippen molar-refractivity contribution in [3.05, 3.63) is 18.2 Å². The molecule has 1 aromatic heterocycles. The van der Waals surface area contributed by atoms with E-state index >= 15 is 0 Å². The SMILES string of the molecule is c1ncn(C2CCSC2)c1C1CCCCN1. The lowest BCUT2D eigenvalue weighted by Gasteiger charge is -2.26. The normalized spacial score (nSPS) is 30.8. The minimum Gasteiger partial charge on any atom is -0.329 e. The van der Waals surface area contributed by atoms with E-state index in [1.807, 2.05) is 6.33 Å². The van der Waals surface area contributed by atoms with Gasteiger partial charge >= 0.3 is 0 Å². The maximum absolute atomic E-state index is 4.36. The fourth-order valence-corrected chi connectivity index (χ4v) is 3.94. The molecule has 2 aliphatic heterocycles. The molecule has 3 nitrogen and oxygen atoms in total. The minimum atomic E-state index is 0.543. The van der Waals surface area contributed by atoms with Crippen molar-refractivity contribution in [2.75, 3.05) is 18.1 Å². The largest absolute Gasteiger partial charge is 0.329 e. The standard InChI is InChI=1S/C12H19N3S/c1-2-5-14-11(3-1)12-7-13-9-15(12)10-4-6-16-8-10/h7,9-11,14H,1-6,8H2. The van der Waals surface area contributed by atoms with Crippen LogP contribution in [0.5, 0.6) is 0 Å². The second-order valence-electron chi connectivity index (χ2n) is 4.75. The molecule has 2 aliphatic rings. The summed E-state index contributed by atoms with van der Waals surface area (Å²) in [4.78, 5) is 4.36. The molecule has 1 aromatic rings. The molecule has 0 bridgehead atoms. The number of piperidine rings is 1. The summed E-state index contributed by atoms with van der Waals surface area (Å²) in [5.74, 6) is 2.57.